The molecular weight excluding hydrogens is 302 g/mol. The number of nitrogens with one attached hydrogen (secondary N) is 2. The normalized spacial score (nSPS) is 14.3. The summed E-state index contributed by atoms with van der Waals surface area (Å²) in [6.45, 7) is 0. The molecule has 1 amide bonds. The maximum atomic E-state index is 11.9. The molecule has 118 valence electrons. The van der Waals surface area contributed by atoms with Crippen molar-refractivity contribution in [3.63, 3.8) is 0 Å². The molecule has 6 heteroatoms. The molecule has 1 aliphatic carbocycles. The molecule has 0 saturated heterocycles. The van der Waals surface area contributed by atoms with E-state index in [0.29, 0.717) is 11.6 Å². The van der Waals surface area contributed by atoms with Crippen LogP contribution in [0, 0.1) is 5.92 Å². The lowest BCUT2D eigenvalue weighted by Crippen LogP contribution is -2.14. The molecule has 6 nitrogen and oxygen atoms in total. The Hall–Kier alpha value is -3.15. The highest BCUT2D eigenvalue weighted by molar-refractivity contribution is 5.92. The van der Waals surface area contributed by atoms with E-state index in [0.717, 1.165) is 35.0 Å². The minimum Gasteiger partial charge on any atom is -0.361 e. The van der Waals surface area contributed by atoms with Crippen molar-refractivity contribution >= 4 is 28.4 Å². The summed E-state index contributed by atoms with van der Waals surface area (Å²) >= 11 is 0. The van der Waals surface area contributed by atoms with E-state index in [1.165, 1.54) is 0 Å². The van der Waals surface area contributed by atoms with E-state index in [2.05, 4.69) is 38.6 Å². The number of hydrogen-bond acceptors (Lipinski definition) is 3. The van der Waals surface area contributed by atoms with Crippen LogP contribution < -0.4 is 5.32 Å². The molecule has 1 aliphatic rings. The van der Waals surface area contributed by atoms with Gasteiger partial charge in [0.25, 0.3) is 0 Å². The summed E-state index contributed by atoms with van der Waals surface area (Å²) in [5.41, 5.74) is 3.81. The van der Waals surface area contributed by atoms with E-state index < -0.39 is 0 Å². The van der Waals surface area contributed by atoms with Crippen molar-refractivity contribution in [1.82, 2.24) is 19.6 Å². The highest BCUT2D eigenvalue weighted by Crippen LogP contribution is 2.30. The van der Waals surface area contributed by atoms with Crippen molar-refractivity contribution in [1.29, 1.82) is 0 Å². The van der Waals surface area contributed by atoms with Crippen LogP contribution in [-0.2, 0) is 4.79 Å². The summed E-state index contributed by atoms with van der Waals surface area (Å²) in [6.07, 6.45) is 3.85. The number of amides is 1. The Bertz CT molecular complexity index is 1070. The van der Waals surface area contributed by atoms with Gasteiger partial charge in [-0.25, -0.2) is 4.52 Å². The van der Waals surface area contributed by atoms with Crippen molar-refractivity contribution in [2.75, 3.05) is 5.32 Å². The molecule has 0 aliphatic heterocycles. The smallest absolute Gasteiger partial charge is 0.249 e. The number of H-pyrrole nitrogens is 1. The van der Waals surface area contributed by atoms with E-state index in [9.17, 15) is 4.79 Å². The standard InChI is InChI=1S/C18H15N5O/c24-17(11-4-5-11)21-18-20-16-3-1-2-15(23(16)22-18)13-6-7-14-12(10-13)8-9-19-14/h1-3,6-11,19H,4-5H2,(H,21,22,24). The van der Waals surface area contributed by atoms with E-state index in [-0.39, 0.29) is 11.8 Å². The molecule has 0 radical (unpaired) electrons. The molecule has 5 rings (SSSR count). The second kappa shape index (κ2) is 4.92. The Labute approximate surface area is 137 Å². The Morgan fingerprint density at radius 1 is 1.21 bits per heavy atom. The Morgan fingerprint density at radius 2 is 2.12 bits per heavy atom. The first-order valence-electron chi connectivity index (χ1n) is 8.02. The van der Waals surface area contributed by atoms with Gasteiger partial charge in [-0.3, -0.25) is 10.1 Å². The lowest BCUT2D eigenvalue weighted by atomic mass is 10.1. The van der Waals surface area contributed by atoms with Gasteiger partial charge < -0.3 is 4.98 Å². The monoisotopic (exact) mass is 317 g/mol. The summed E-state index contributed by atoms with van der Waals surface area (Å²) in [4.78, 5) is 19.5. The van der Waals surface area contributed by atoms with E-state index in [4.69, 9.17) is 0 Å². The molecule has 2 N–H and O–H groups in total. The second-order valence-electron chi connectivity index (χ2n) is 6.16. The predicted molar refractivity (Wildman–Crippen MR) is 91.6 cm³/mol. The largest absolute Gasteiger partial charge is 0.361 e. The fourth-order valence-corrected chi connectivity index (χ4v) is 2.95. The fraction of sp³-hybridized carbons (Fsp3) is 0.167. The van der Waals surface area contributed by atoms with E-state index in [1.54, 1.807) is 4.52 Å². The maximum Gasteiger partial charge on any atom is 0.249 e. The van der Waals surface area contributed by atoms with Crippen molar-refractivity contribution in [3.05, 3.63) is 48.7 Å². The van der Waals surface area contributed by atoms with Gasteiger partial charge in [0.15, 0.2) is 5.65 Å². The molecule has 0 atom stereocenters. The molecule has 0 unspecified atom stereocenters. The quantitative estimate of drug-likeness (QED) is 0.609. The molecule has 3 aromatic heterocycles. The SMILES string of the molecule is O=C(Nc1nc2cccc(-c3ccc4[nH]ccc4c3)n2n1)C1CC1. The summed E-state index contributed by atoms with van der Waals surface area (Å²) in [7, 11) is 0. The number of benzene rings is 1. The average molecular weight is 317 g/mol. The van der Waals surface area contributed by atoms with Gasteiger partial charge >= 0.3 is 0 Å². The zero-order valence-corrected chi connectivity index (χ0v) is 12.9. The molecular formula is C18H15N5O. The number of nitrogens with zero attached hydrogens (tertiary/aromatic N) is 3. The van der Waals surface area contributed by atoms with Crippen LogP contribution in [0.5, 0.6) is 0 Å². The molecule has 24 heavy (non-hydrogen) atoms. The van der Waals surface area contributed by atoms with Crippen LogP contribution in [0.2, 0.25) is 0 Å². The topological polar surface area (TPSA) is 75.1 Å². The van der Waals surface area contributed by atoms with Crippen LogP contribution in [0.25, 0.3) is 27.8 Å². The van der Waals surface area contributed by atoms with Gasteiger partial charge in [-0.1, -0.05) is 12.1 Å². The summed E-state index contributed by atoms with van der Waals surface area (Å²) in [5, 5.41) is 8.43. The number of pyridine rings is 1. The molecule has 1 fully saturated rings. The lowest BCUT2D eigenvalue weighted by molar-refractivity contribution is -0.117. The van der Waals surface area contributed by atoms with Crippen molar-refractivity contribution in [2.24, 2.45) is 5.92 Å². The molecule has 1 saturated carbocycles. The zero-order chi connectivity index (χ0) is 16.1. The predicted octanol–water partition coefficient (Wildman–Crippen LogP) is 3.23. The summed E-state index contributed by atoms with van der Waals surface area (Å²) < 4.78 is 1.77. The number of anilines is 1. The third-order valence-electron chi connectivity index (χ3n) is 4.39. The number of rotatable bonds is 3. The van der Waals surface area contributed by atoms with Crippen molar-refractivity contribution < 1.29 is 4.79 Å². The van der Waals surface area contributed by atoms with Crippen LogP contribution in [-0.4, -0.2) is 25.5 Å². The van der Waals surface area contributed by atoms with Gasteiger partial charge in [-0.15, -0.1) is 5.10 Å². The Morgan fingerprint density at radius 3 is 3.00 bits per heavy atom. The Balaban J connectivity index is 1.59. The number of carbonyl (C=O) groups is 1. The zero-order valence-electron chi connectivity index (χ0n) is 12.9. The highest BCUT2D eigenvalue weighted by Gasteiger charge is 2.30. The van der Waals surface area contributed by atoms with Gasteiger partial charge in [0.2, 0.25) is 11.9 Å². The van der Waals surface area contributed by atoms with Crippen LogP contribution in [0.3, 0.4) is 0 Å². The number of aromatic nitrogens is 4. The van der Waals surface area contributed by atoms with Crippen LogP contribution >= 0.6 is 0 Å². The lowest BCUT2D eigenvalue weighted by Gasteiger charge is -2.04. The molecule has 0 spiro atoms. The fourth-order valence-electron chi connectivity index (χ4n) is 2.95. The van der Waals surface area contributed by atoms with Crippen molar-refractivity contribution in [2.45, 2.75) is 12.8 Å². The maximum absolute atomic E-state index is 11.9. The van der Waals surface area contributed by atoms with Gasteiger partial charge in [0, 0.05) is 28.6 Å². The second-order valence-corrected chi connectivity index (χ2v) is 6.16. The third kappa shape index (κ3) is 2.15. The highest BCUT2D eigenvalue weighted by atomic mass is 16.2. The van der Waals surface area contributed by atoms with E-state index >= 15 is 0 Å². The minimum absolute atomic E-state index is 0.0150. The van der Waals surface area contributed by atoms with E-state index in [1.807, 2.05) is 30.5 Å². The Kier molecular flexibility index (Phi) is 2.73. The molecule has 0 bridgehead atoms. The summed E-state index contributed by atoms with van der Waals surface area (Å²) in [6, 6.07) is 14.1. The molecule has 3 heterocycles. The van der Waals surface area contributed by atoms with Crippen LogP contribution in [0.15, 0.2) is 48.7 Å². The van der Waals surface area contributed by atoms with Crippen LogP contribution in [0.1, 0.15) is 12.8 Å². The van der Waals surface area contributed by atoms with Gasteiger partial charge in [0.05, 0.1) is 5.69 Å². The number of hydrogen-bond donors (Lipinski definition) is 2. The number of carbonyl (C=O) groups excluding carboxylic acids is 1. The minimum atomic E-state index is 0.0150. The first-order valence-corrected chi connectivity index (χ1v) is 8.02. The summed E-state index contributed by atoms with van der Waals surface area (Å²) in [5.74, 6) is 0.510. The average Bonchev–Trinajstić information content (AvgIpc) is 3.20. The third-order valence-corrected chi connectivity index (χ3v) is 4.39. The molecule has 1 aromatic carbocycles. The van der Waals surface area contributed by atoms with Crippen molar-refractivity contribution in [3.8, 4) is 11.3 Å². The number of aromatic amines is 1. The van der Waals surface area contributed by atoms with Gasteiger partial charge in [0.1, 0.15) is 0 Å². The van der Waals surface area contributed by atoms with Gasteiger partial charge in [-0.2, -0.15) is 4.98 Å². The van der Waals surface area contributed by atoms with Gasteiger partial charge in [-0.05, 0) is 43.2 Å². The molecule has 4 aromatic rings. The number of fused-ring (bicyclic) bond motifs is 2. The first-order chi connectivity index (χ1) is 11.8. The first kappa shape index (κ1) is 13.3. The van der Waals surface area contributed by atoms with Crippen LogP contribution in [0.4, 0.5) is 5.95 Å².